The molecule has 0 unspecified atom stereocenters. The van der Waals surface area contributed by atoms with E-state index in [2.05, 4.69) is 4.98 Å². The number of hydrogen-bond acceptors (Lipinski definition) is 5. The van der Waals surface area contributed by atoms with Crippen molar-refractivity contribution in [3.63, 3.8) is 0 Å². The Kier molecular flexibility index (Phi) is 4.61. The van der Waals surface area contributed by atoms with Crippen LogP contribution in [-0.2, 0) is 4.74 Å². The number of hydrogen-bond donors (Lipinski definition) is 1. The highest BCUT2D eigenvalue weighted by Crippen LogP contribution is 2.25. The van der Waals surface area contributed by atoms with Crippen LogP contribution in [0.5, 0.6) is 0 Å². The molecule has 24 heavy (non-hydrogen) atoms. The molecule has 126 valence electrons. The molecule has 1 fully saturated rings. The topological polar surface area (TPSA) is 98.7 Å². The monoisotopic (exact) mass is 329 g/mol. The third kappa shape index (κ3) is 3.16. The molecule has 2 N–H and O–H groups in total. The first-order valence-corrected chi connectivity index (χ1v) is 7.75. The first kappa shape index (κ1) is 16.2. The number of likely N-dealkylation sites (tertiary alicyclic amines) is 1. The van der Waals surface area contributed by atoms with Crippen molar-refractivity contribution in [1.29, 1.82) is 0 Å². The van der Waals surface area contributed by atoms with Gasteiger partial charge in [0.2, 0.25) is 11.8 Å². The van der Waals surface area contributed by atoms with Crippen LogP contribution in [0.15, 0.2) is 35.1 Å². The van der Waals surface area contributed by atoms with Gasteiger partial charge in [-0.05, 0) is 31.0 Å². The van der Waals surface area contributed by atoms with E-state index in [1.54, 1.807) is 24.1 Å². The molecule has 1 atom stereocenters. The van der Waals surface area contributed by atoms with Gasteiger partial charge in [-0.25, -0.2) is 4.98 Å². The molecule has 1 aromatic carbocycles. The molecule has 0 bridgehead atoms. The van der Waals surface area contributed by atoms with Gasteiger partial charge < -0.3 is 19.8 Å². The summed E-state index contributed by atoms with van der Waals surface area (Å²) < 4.78 is 10.5. The second-order valence-electron chi connectivity index (χ2n) is 5.75. The number of methoxy groups -OCH3 is 1. The predicted molar refractivity (Wildman–Crippen MR) is 86.4 cm³/mol. The highest BCUT2D eigenvalue weighted by atomic mass is 16.5. The largest absolute Gasteiger partial charge is 0.445 e. The van der Waals surface area contributed by atoms with Crippen LogP contribution in [0.4, 0.5) is 0 Å². The average Bonchev–Trinajstić information content (AvgIpc) is 3.26. The first-order valence-electron chi connectivity index (χ1n) is 7.75. The van der Waals surface area contributed by atoms with Crippen molar-refractivity contribution in [1.82, 2.24) is 9.88 Å². The number of primary amides is 1. The smallest absolute Gasteiger partial charge is 0.254 e. The van der Waals surface area contributed by atoms with Gasteiger partial charge in [0, 0.05) is 30.3 Å². The Balaban J connectivity index is 1.97. The quantitative estimate of drug-likeness (QED) is 0.900. The maximum Gasteiger partial charge on any atom is 0.254 e. The van der Waals surface area contributed by atoms with Crippen LogP contribution in [0.25, 0.3) is 11.5 Å². The average molecular weight is 329 g/mol. The number of aromatic nitrogens is 1. The van der Waals surface area contributed by atoms with E-state index in [9.17, 15) is 9.59 Å². The lowest BCUT2D eigenvalue weighted by Gasteiger charge is -2.24. The fourth-order valence-corrected chi connectivity index (χ4v) is 3.02. The number of carbonyl (C=O) groups excluding carboxylic acids is 2. The number of amides is 2. The van der Waals surface area contributed by atoms with E-state index < -0.39 is 5.91 Å². The van der Waals surface area contributed by atoms with E-state index in [0.717, 1.165) is 12.8 Å². The molecule has 7 heteroatoms. The number of benzene rings is 1. The van der Waals surface area contributed by atoms with Crippen molar-refractivity contribution in [2.24, 2.45) is 5.73 Å². The third-order valence-electron chi connectivity index (χ3n) is 4.14. The molecule has 0 spiro atoms. The summed E-state index contributed by atoms with van der Waals surface area (Å²) >= 11 is 0. The number of ether oxygens (including phenoxy) is 1. The van der Waals surface area contributed by atoms with E-state index in [4.69, 9.17) is 14.9 Å². The summed E-state index contributed by atoms with van der Waals surface area (Å²) in [5, 5.41) is 0. The van der Waals surface area contributed by atoms with Crippen molar-refractivity contribution in [3.8, 4) is 11.5 Å². The second-order valence-corrected chi connectivity index (χ2v) is 5.75. The molecule has 0 aliphatic carbocycles. The normalized spacial score (nSPS) is 17.2. The van der Waals surface area contributed by atoms with Crippen LogP contribution < -0.4 is 5.73 Å². The molecule has 2 amide bonds. The number of rotatable bonds is 5. The summed E-state index contributed by atoms with van der Waals surface area (Å²) in [6, 6.07) is 4.80. The molecular weight excluding hydrogens is 310 g/mol. The van der Waals surface area contributed by atoms with Gasteiger partial charge in [0.25, 0.3) is 5.91 Å². The van der Waals surface area contributed by atoms with Gasteiger partial charge in [0.15, 0.2) is 0 Å². The Morgan fingerprint density at radius 2 is 2.17 bits per heavy atom. The number of nitrogens with zero attached hydrogens (tertiary/aromatic N) is 2. The maximum absolute atomic E-state index is 12.9. The zero-order valence-electron chi connectivity index (χ0n) is 13.4. The lowest BCUT2D eigenvalue weighted by molar-refractivity contribution is 0.0630. The summed E-state index contributed by atoms with van der Waals surface area (Å²) in [4.78, 5) is 30.4. The molecule has 0 radical (unpaired) electrons. The molecule has 7 nitrogen and oxygen atoms in total. The molecule has 1 aromatic heterocycles. The van der Waals surface area contributed by atoms with Crippen molar-refractivity contribution in [2.75, 3.05) is 20.3 Å². The van der Waals surface area contributed by atoms with E-state index in [-0.39, 0.29) is 17.5 Å². The number of oxazole rings is 1. The molecule has 1 aliphatic rings. The molecule has 2 aromatic rings. The minimum atomic E-state index is -0.604. The van der Waals surface area contributed by atoms with Gasteiger partial charge in [-0.2, -0.15) is 0 Å². The summed E-state index contributed by atoms with van der Waals surface area (Å²) in [6.45, 7) is 1.16. The van der Waals surface area contributed by atoms with Crippen LogP contribution in [-0.4, -0.2) is 48.0 Å². The van der Waals surface area contributed by atoms with Crippen LogP contribution in [0.1, 0.15) is 33.6 Å². The van der Waals surface area contributed by atoms with E-state index in [1.165, 1.54) is 18.5 Å². The number of nitrogens with two attached hydrogens (primary N) is 1. The highest BCUT2D eigenvalue weighted by molar-refractivity contribution is 6.00. The molecule has 3 rings (SSSR count). The zero-order valence-corrected chi connectivity index (χ0v) is 13.4. The lowest BCUT2D eigenvalue weighted by atomic mass is 10.0. The van der Waals surface area contributed by atoms with Crippen molar-refractivity contribution < 1.29 is 18.7 Å². The Morgan fingerprint density at radius 3 is 2.83 bits per heavy atom. The van der Waals surface area contributed by atoms with Crippen LogP contribution in [0, 0.1) is 0 Å². The molecule has 1 aliphatic heterocycles. The Bertz CT molecular complexity index is 742. The minimum Gasteiger partial charge on any atom is -0.445 e. The standard InChI is InChI=1S/C17H19N3O4/c1-23-10-14-3-2-5-20(14)17(22)13-8-11(15(18)21)7-12(9-13)16-19-4-6-24-16/h4,6-9,14H,2-3,5,10H2,1H3,(H2,18,21)/t14-/m1/s1. The second kappa shape index (κ2) is 6.84. The Labute approximate surface area is 139 Å². The van der Waals surface area contributed by atoms with Crippen LogP contribution >= 0.6 is 0 Å². The summed E-state index contributed by atoms with van der Waals surface area (Å²) in [7, 11) is 1.62. The highest BCUT2D eigenvalue weighted by Gasteiger charge is 2.30. The van der Waals surface area contributed by atoms with Gasteiger partial charge in [-0.3, -0.25) is 9.59 Å². The fourth-order valence-electron chi connectivity index (χ4n) is 3.02. The van der Waals surface area contributed by atoms with Crippen molar-refractivity contribution in [3.05, 3.63) is 41.8 Å². The summed E-state index contributed by atoms with van der Waals surface area (Å²) in [5.41, 5.74) is 6.58. The minimum absolute atomic E-state index is 0.0462. The Morgan fingerprint density at radius 1 is 1.38 bits per heavy atom. The summed E-state index contributed by atoms with van der Waals surface area (Å²) in [6.07, 6.45) is 4.77. The SMILES string of the molecule is COC[C@H]1CCCN1C(=O)c1cc(C(N)=O)cc(-c2ncco2)c1. The van der Waals surface area contributed by atoms with E-state index >= 15 is 0 Å². The third-order valence-corrected chi connectivity index (χ3v) is 4.14. The van der Waals surface area contributed by atoms with Gasteiger partial charge in [0.05, 0.1) is 18.8 Å². The predicted octanol–water partition coefficient (Wildman–Crippen LogP) is 1.69. The Hall–Kier alpha value is -2.67. The lowest BCUT2D eigenvalue weighted by Crippen LogP contribution is -2.38. The maximum atomic E-state index is 12.9. The molecule has 1 saturated heterocycles. The van der Waals surface area contributed by atoms with Crippen LogP contribution in [0.3, 0.4) is 0 Å². The molecule has 0 saturated carbocycles. The van der Waals surface area contributed by atoms with E-state index in [0.29, 0.717) is 30.2 Å². The van der Waals surface area contributed by atoms with Crippen molar-refractivity contribution in [2.45, 2.75) is 18.9 Å². The fraction of sp³-hybridized carbons (Fsp3) is 0.353. The van der Waals surface area contributed by atoms with E-state index in [1.807, 2.05) is 0 Å². The van der Waals surface area contributed by atoms with Gasteiger partial charge in [-0.1, -0.05) is 0 Å². The first-order chi connectivity index (χ1) is 11.6. The van der Waals surface area contributed by atoms with Gasteiger partial charge >= 0.3 is 0 Å². The van der Waals surface area contributed by atoms with Crippen molar-refractivity contribution >= 4 is 11.8 Å². The zero-order chi connectivity index (χ0) is 17.1. The molecule has 2 heterocycles. The van der Waals surface area contributed by atoms with Gasteiger partial charge in [-0.15, -0.1) is 0 Å². The van der Waals surface area contributed by atoms with Gasteiger partial charge in [0.1, 0.15) is 6.26 Å². The molecular formula is C17H19N3O4. The van der Waals surface area contributed by atoms with Crippen LogP contribution in [0.2, 0.25) is 0 Å². The summed E-state index contributed by atoms with van der Waals surface area (Å²) in [5.74, 6) is -0.417. The number of carbonyl (C=O) groups is 2.